The van der Waals surface area contributed by atoms with E-state index in [0.717, 1.165) is 25.7 Å². The van der Waals surface area contributed by atoms with Crippen molar-refractivity contribution in [1.82, 2.24) is 9.55 Å². The minimum Gasteiger partial charge on any atom is -0.355 e. The molecule has 2 heteroatoms. The number of nitrogens with zero attached hydrogens (tertiary/aromatic N) is 1. The van der Waals surface area contributed by atoms with Crippen LogP contribution in [0.4, 0.5) is 0 Å². The average Bonchev–Trinajstić information content (AvgIpc) is 3.52. The summed E-state index contributed by atoms with van der Waals surface area (Å²) in [5.74, 6) is 0. The van der Waals surface area contributed by atoms with Crippen molar-refractivity contribution in [3.8, 4) is 16.8 Å². The van der Waals surface area contributed by atoms with E-state index in [9.17, 15) is 0 Å². The molecule has 38 heavy (non-hydrogen) atoms. The topological polar surface area (TPSA) is 20.7 Å². The second-order valence-electron chi connectivity index (χ2n) is 10.5. The molecule has 0 spiro atoms. The van der Waals surface area contributed by atoms with Crippen molar-refractivity contribution in [3.05, 3.63) is 131 Å². The van der Waals surface area contributed by atoms with E-state index in [-0.39, 0.29) is 0 Å². The first-order valence-electron chi connectivity index (χ1n) is 13.6. The van der Waals surface area contributed by atoms with Gasteiger partial charge in [-0.3, -0.25) is 0 Å². The van der Waals surface area contributed by atoms with Crippen molar-refractivity contribution in [2.45, 2.75) is 25.7 Å². The van der Waals surface area contributed by atoms with Crippen LogP contribution in [0.5, 0.6) is 0 Å². The molecule has 0 radical (unpaired) electrons. The lowest BCUT2D eigenvalue weighted by molar-refractivity contribution is 0.898. The molecule has 182 valence electrons. The number of rotatable bonds is 3. The first kappa shape index (κ1) is 21.5. The summed E-state index contributed by atoms with van der Waals surface area (Å²) in [6.07, 6.45) is 11.3. The molecule has 0 saturated heterocycles. The molecule has 0 bridgehead atoms. The van der Waals surface area contributed by atoms with Crippen LogP contribution in [-0.2, 0) is 12.8 Å². The molecule has 0 saturated carbocycles. The number of nitrogens with one attached hydrogen (secondary N) is 1. The summed E-state index contributed by atoms with van der Waals surface area (Å²) in [6, 6.07) is 35.6. The number of allylic oxidation sites excluding steroid dienone is 2. The lowest BCUT2D eigenvalue weighted by Crippen LogP contribution is -2.05. The third-order valence-electron chi connectivity index (χ3n) is 8.34. The highest BCUT2D eigenvalue weighted by Crippen LogP contribution is 2.40. The fourth-order valence-electron chi connectivity index (χ4n) is 6.50. The predicted molar refractivity (Wildman–Crippen MR) is 161 cm³/mol. The molecule has 0 atom stereocenters. The molecule has 1 N–H and O–H groups in total. The summed E-state index contributed by atoms with van der Waals surface area (Å²) in [5, 5.41) is 2.69. The van der Waals surface area contributed by atoms with E-state index in [1.54, 1.807) is 0 Å². The van der Waals surface area contributed by atoms with E-state index in [0.29, 0.717) is 0 Å². The molecule has 0 aliphatic heterocycles. The molecule has 4 aromatic carbocycles. The largest absolute Gasteiger partial charge is 0.355 e. The Morgan fingerprint density at radius 2 is 1.42 bits per heavy atom. The number of aromatic amines is 1. The molecular weight excluding hydrogens is 460 g/mol. The fourth-order valence-corrected chi connectivity index (χ4v) is 6.50. The number of para-hydroxylation sites is 1. The highest BCUT2D eigenvalue weighted by molar-refractivity contribution is 6.01. The van der Waals surface area contributed by atoms with Gasteiger partial charge < -0.3 is 9.55 Å². The van der Waals surface area contributed by atoms with Gasteiger partial charge in [0.1, 0.15) is 0 Å². The third-order valence-corrected chi connectivity index (χ3v) is 8.34. The molecule has 2 nitrogen and oxygen atoms in total. The zero-order valence-electron chi connectivity index (χ0n) is 21.2. The maximum absolute atomic E-state index is 3.61. The predicted octanol–water partition coefficient (Wildman–Crippen LogP) is 9.22. The van der Waals surface area contributed by atoms with Gasteiger partial charge >= 0.3 is 0 Å². The van der Waals surface area contributed by atoms with Crippen LogP contribution in [0.1, 0.15) is 40.9 Å². The van der Waals surface area contributed by atoms with Crippen molar-refractivity contribution < 1.29 is 0 Å². The molecule has 2 heterocycles. The number of aromatic nitrogens is 2. The van der Waals surface area contributed by atoms with Crippen LogP contribution in [0.15, 0.2) is 103 Å². The highest BCUT2D eigenvalue weighted by Gasteiger charge is 2.22. The van der Waals surface area contributed by atoms with E-state index in [1.807, 2.05) is 0 Å². The zero-order chi connectivity index (χ0) is 25.1. The maximum Gasteiger partial charge on any atom is 0.0538 e. The minimum absolute atomic E-state index is 1.03. The van der Waals surface area contributed by atoms with Crippen molar-refractivity contribution >= 4 is 39.5 Å². The van der Waals surface area contributed by atoms with Gasteiger partial charge in [0.2, 0.25) is 0 Å². The molecule has 0 fully saturated rings. The Morgan fingerprint density at radius 1 is 0.658 bits per heavy atom. The van der Waals surface area contributed by atoms with Crippen LogP contribution < -0.4 is 0 Å². The Morgan fingerprint density at radius 3 is 2.26 bits per heavy atom. The molecule has 2 aliphatic carbocycles. The Labute approximate surface area is 222 Å². The number of benzene rings is 4. The molecule has 0 amide bonds. The summed E-state index contributed by atoms with van der Waals surface area (Å²) >= 11 is 0. The molecule has 2 aliphatic rings. The van der Waals surface area contributed by atoms with Gasteiger partial charge in [-0.2, -0.15) is 0 Å². The number of H-pyrrole nitrogens is 1. The van der Waals surface area contributed by atoms with Crippen LogP contribution in [0.25, 0.3) is 56.3 Å². The molecule has 2 aromatic heterocycles. The summed E-state index contributed by atoms with van der Waals surface area (Å²) < 4.78 is 2.48. The monoisotopic (exact) mass is 488 g/mol. The van der Waals surface area contributed by atoms with E-state index in [2.05, 4.69) is 125 Å². The minimum atomic E-state index is 1.03. The number of hydrogen-bond donors (Lipinski definition) is 1. The van der Waals surface area contributed by atoms with Gasteiger partial charge in [-0.15, -0.1) is 0 Å². The van der Waals surface area contributed by atoms with Crippen LogP contribution >= 0.6 is 0 Å². The standard InChI is InChI=1S/C36H28N2/c1-3-9-24(10-4-1)25-16-19-35-31(22-25)32-23-27(17-20-36(32)38(35)28-11-5-2-6-12-28)26-15-18-34-30(21-26)29-13-7-8-14-33(29)37-34/h1-6,8-12,14-15,17-18,20-23,37H,7,13,16,19H2. The smallest absolute Gasteiger partial charge is 0.0538 e. The first-order valence-corrected chi connectivity index (χ1v) is 13.6. The van der Waals surface area contributed by atoms with Crippen LogP contribution in [0.3, 0.4) is 0 Å². The van der Waals surface area contributed by atoms with Gasteiger partial charge in [-0.1, -0.05) is 66.7 Å². The number of aryl methyl sites for hydroxylation is 1. The van der Waals surface area contributed by atoms with Crippen LogP contribution in [-0.4, -0.2) is 9.55 Å². The quantitative estimate of drug-likeness (QED) is 0.256. The van der Waals surface area contributed by atoms with Crippen molar-refractivity contribution in [2.24, 2.45) is 0 Å². The van der Waals surface area contributed by atoms with Crippen molar-refractivity contribution in [2.75, 3.05) is 0 Å². The van der Waals surface area contributed by atoms with Crippen molar-refractivity contribution in [3.63, 3.8) is 0 Å². The lowest BCUT2D eigenvalue weighted by Gasteiger charge is -2.17. The fraction of sp³-hybridized carbons (Fsp3) is 0.111. The van der Waals surface area contributed by atoms with E-state index in [4.69, 9.17) is 0 Å². The Kier molecular flexibility index (Phi) is 4.81. The Bertz CT molecular complexity index is 1900. The van der Waals surface area contributed by atoms with E-state index in [1.165, 1.54) is 72.3 Å². The molecular formula is C36H28N2. The van der Waals surface area contributed by atoms with E-state index < -0.39 is 0 Å². The normalized spacial score (nSPS) is 14.5. The van der Waals surface area contributed by atoms with Gasteiger partial charge in [0, 0.05) is 38.9 Å². The Balaban J connectivity index is 1.34. The number of fused-ring (bicyclic) bond motifs is 6. The Hall–Kier alpha value is -4.56. The van der Waals surface area contributed by atoms with E-state index >= 15 is 0 Å². The maximum atomic E-state index is 3.61. The average molecular weight is 489 g/mol. The van der Waals surface area contributed by atoms with Gasteiger partial charge in [-0.25, -0.2) is 0 Å². The van der Waals surface area contributed by atoms with Crippen LogP contribution in [0.2, 0.25) is 0 Å². The third kappa shape index (κ3) is 3.34. The summed E-state index contributed by atoms with van der Waals surface area (Å²) in [7, 11) is 0. The second kappa shape index (κ2) is 8.49. The SMILES string of the molecule is C1=Cc2[nH]c3ccc(-c4ccc5c(c4)c4c(n5-c5ccccc5)CCC(c5ccccc5)=C4)cc3c2CC1. The summed E-state index contributed by atoms with van der Waals surface area (Å²) in [4.78, 5) is 3.61. The first-order chi connectivity index (χ1) is 18.8. The number of hydrogen-bond acceptors (Lipinski definition) is 0. The zero-order valence-corrected chi connectivity index (χ0v) is 21.2. The van der Waals surface area contributed by atoms with Crippen molar-refractivity contribution in [1.29, 1.82) is 0 Å². The van der Waals surface area contributed by atoms with Crippen LogP contribution in [0, 0.1) is 0 Å². The van der Waals surface area contributed by atoms with Gasteiger partial charge in [0.25, 0.3) is 0 Å². The summed E-state index contributed by atoms with van der Waals surface area (Å²) in [6.45, 7) is 0. The summed E-state index contributed by atoms with van der Waals surface area (Å²) in [5.41, 5.74) is 14.5. The molecule has 8 rings (SSSR count). The second-order valence-corrected chi connectivity index (χ2v) is 10.5. The molecule has 6 aromatic rings. The highest BCUT2D eigenvalue weighted by atomic mass is 15.0. The molecule has 0 unspecified atom stereocenters. The lowest BCUT2D eigenvalue weighted by atomic mass is 9.90. The van der Waals surface area contributed by atoms with Gasteiger partial charge in [0.05, 0.1) is 5.52 Å². The van der Waals surface area contributed by atoms with Gasteiger partial charge in [-0.05, 0) is 102 Å². The van der Waals surface area contributed by atoms with Gasteiger partial charge in [0.15, 0.2) is 0 Å².